The Morgan fingerprint density at radius 2 is 2.14 bits per heavy atom. The number of thiophene rings is 1. The van der Waals surface area contributed by atoms with Crippen molar-refractivity contribution >= 4 is 50.6 Å². The van der Waals surface area contributed by atoms with Gasteiger partial charge in [0, 0.05) is 11.9 Å². The van der Waals surface area contributed by atoms with Crippen molar-refractivity contribution in [2.24, 2.45) is 0 Å². The summed E-state index contributed by atoms with van der Waals surface area (Å²) >= 11 is 4.63. The van der Waals surface area contributed by atoms with Crippen molar-refractivity contribution in [1.29, 1.82) is 0 Å². The molecule has 28 heavy (non-hydrogen) atoms. The van der Waals surface area contributed by atoms with Gasteiger partial charge >= 0.3 is 0 Å². The van der Waals surface area contributed by atoms with E-state index in [2.05, 4.69) is 20.5 Å². The summed E-state index contributed by atoms with van der Waals surface area (Å²) in [5.41, 5.74) is 0.970. The Hall–Kier alpha value is -2.30. The zero-order chi connectivity index (χ0) is 19.5. The highest BCUT2D eigenvalue weighted by Gasteiger charge is 2.21. The van der Waals surface area contributed by atoms with Crippen molar-refractivity contribution in [3.63, 3.8) is 0 Å². The van der Waals surface area contributed by atoms with Crippen LogP contribution in [0, 0.1) is 0 Å². The van der Waals surface area contributed by atoms with E-state index in [0.29, 0.717) is 11.7 Å². The molecule has 0 saturated heterocycles. The molecular formula is C18H18N6OS3. The fourth-order valence-corrected chi connectivity index (χ4v) is 5.18. The first kappa shape index (κ1) is 19.0. The van der Waals surface area contributed by atoms with Gasteiger partial charge in [-0.2, -0.15) is 0 Å². The van der Waals surface area contributed by atoms with Gasteiger partial charge in [0.15, 0.2) is 0 Å². The van der Waals surface area contributed by atoms with Gasteiger partial charge in [-0.1, -0.05) is 30.0 Å². The van der Waals surface area contributed by atoms with Gasteiger partial charge in [0.05, 0.1) is 28.6 Å². The average molecular weight is 431 g/mol. The summed E-state index contributed by atoms with van der Waals surface area (Å²) in [4.78, 5) is 20.3. The van der Waals surface area contributed by atoms with Gasteiger partial charge in [-0.25, -0.2) is 9.67 Å². The summed E-state index contributed by atoms with van der Waals surface area (Å²) in [6.07, 6.45) is 0. The number of nitrogens with zero attached hydrogens (tertiary/aromatic N) is 6. The van der Waals surface area contributed by atoms with Crippen LogP contribution in [0.1, 0.15) is 22.9 Å². The Balaban J connectivity index is 1.39. The average Bonchev–Trinajstić information content (AvgIpc) is 3.46. The molecule has 7 nitrogen and oxygen atoms in total. The number of hydrogen-bond donors (Lipinski definition) is 0. The van der Waals surface area contributed by atoms with Crippen LogP contribution in [-0.2, 0) is 11.3 Å². The number of rotatable bonds is 7. The van der Waals surface area contributed by atoms with Crippen LogP contribution in [0.2, 0.25) is 0 Å². The van der Waals surface area contributed by atoms with E-state index in [1.807, 2.05) is 55.7 Å². The Morgan fingerprint density at radius 1 is 1.29 bits per heavy atom. The van der Waals surface area contributed by atoms with Crippen molar-refractivity contribution in [2.45, 2.75) is 24.7 Å². The molecule has 144 valence electrons. The van der Waals surface area contributed by atoms with Crippen molar-refractivity contribution in [2.75, 3.05) is 12.8 Å². The third-order valence-corrected chi connectivity index (χ3v) is 7.36. The second kappa shape index (κ2) is 8.38. The summed E-state index contributed by atoms with van der Waals surface area (Å²) < 4.78 is 2.85. The molecular weight excluding hydrogens is 412 g/mol. The summed E-state index contributed by atoms with van der Waals surface area (Å²) in [6, 6.07) is 12.0. The number of carbonyl (C=O) groups is 1. The number of thioether (sulfide) groups is 1. The summed E-state index contributed by atoms with van der Waals surface area (Å²) in [6.45, 7) is 2.61. The molecule has 0 aliphatic rings. The van der Waals surface area contributed by atoms with Crippen LogP contribution >= 0.6 is 34.4 Å². The number of hydrogen-bond acceptors (Lipinski definition) is 8. The second-order valence-electron chi connectivity index (χ2n) is 6.19. The maximum Gasteiger partial charge on any atom is 0.233 e. The first-order chi connectivity index (χ1) is 13.6. The van der Waals surface area contributed by atoms with Gasteiger partial charge in [0.25, 0.3) is 0 Å². The highest BCUT2D eigenvalue weighted by atomic mass is 32.2. The molecule has 3 aromatic heterocycles. The zero-order valence-electron chi connectivity index (χ0n) is 15.3. The molecule has 0 radical (unpaired) electrons. The fourth-order valence-electron chi connectivity index (χ4n) is 2.63. The van der Waals surface area contributed by atoms with Crippen molar-refractivity contribution < 1.29 is 4.79 Å². The largest absolute Gasteiger partial charge is 0.336 e. The van der Waals surface area contributed by atoms with E-state index in [-0.39, 0.29) is 17.7 Å². The molecule has 4 aromatic rings. The lowest BCUT2D eigenvalue weighted by Gasteiger charge is -2.23. The van der Waals surface area contributed by atoms with E-state index in [1.54, 1.807) is 32.3 Å². The van der Waals surface area contributed by atoms with Crippen LogP contribution < -0.4 is 0 Å². The Bertz CT molecular complexity index is 1040. The number of carbonyl (C=O) groups excluding carboxylic acids is 1. The maximum absolute atomic E-state index is 12.7. The Morgan fingerprint density at radius 3 is 2.93 bits per heavy atom. The molecule has 1 amide bonds. The van der Waals surface area contributed by atoms with Crippen LogP contribution in [0.4, 0.5) is 0 Å². The van der Waals surface area contributed by atoms with E-state index in [1.165, 1.54) is 16.6 Å². The van der Waals surface area contributed by atoms with E-state index in [4.69, 9.17) is 0 Å². The lowest BCUT2D eigenvalue weighted by atomic mass is 10.3. The minimum Gasteiger partial charge on any atom is -0.336 e. The van der Waals surface area contributed by atoms with Crippen LogP contribution in [0.5, 0.6) is 0 Å². The summed E-state index contributed by atoms with van der Waals surface area (Å²) in [7, 11) is 1.81. The third kappa shape index (κ3) is 4.08. The van der Waals surface area contributed by atoms with Crippen LogP contribution in [0.15, 0.2) is 46.9 Å². The molecule has 0 N–H and O–H groups in total. The number of tetrazole rings is 1. The minimum atomic E-state index is -0.0902. The SMILES string of the molecule is C[C@@H](c1nc2ccccc2s1)N(C)C(=O)CSc1nnnn1Cc1cccs1. The van der Waals surface area contributed by atoms with Crippen LogP contribution in [0.3, 0.4) is 0 Å². The predicted octanol–water partition coefficient (Wildman–Crippen LogP) is 3.70. The maximum atomic E-state index is 12.7. The van der Waals surface area contributed by atoms with E-state index in [9.17, 15) is 4.79 Å². The van der Waals surface area contributed by atoms with Crippen LogP contribution in [-0.4, -0.2) is 48.8 Å². The van der Waals surface area contributed by atoms with E-state index >= 15 is 0 Å². The first-order valence-electron chi connectivity index (χ1n) is 8.64. The quantitative estimate of drug-likeness (QED) is 0.416. The van der Waals surface area contributed by atoms with Gasteiger partial charge in [0.1, 0.15) is 5.01 Å². The van der Waals surface area contributed by atoms with Crippen LogP contribution in [0.25, 0.3) is 10.2 Å². The van der Waals surface area contributed by atoms with Crippen molar-refractivity contribution in [3.8, 4) is 0 Å². The lowest BCUT2D eigenvalue weighted by Crippen LogP contribution is -2.31. The molecule has 0 aliphatic heterocycles. The van der Waals surface area contributed by atoms with Gasteiger partial charge in [-0.05, 0) is 40.9 Å². The molecule has 0 bridgehead atoms. The number of aromatic nitrogens is 5. The van der Waals surface area contributed by atoms with Gasteiger partial charge in [-0.15, -0.1) is 27.8 Å². The fraction of sp³-hybridized carbons (Fsp3) is 0.278. The smallest absolute Gasteiger partial charge is 0.233 e. The Kier molecular flexibility index (Phi) is 5.69. The Labute approximate surface area is 174 Å². The normalized spacial score (nSPS) is 12.4. The standard InChI is InChI=1S/C18H18N6OS3/c1-12(17-19-14-7-3-4-8-15(14)28-17)23(2)16(25)11-27-18-20-21-22-24(18)10-13-6-5-9-26-13/h3-9,12H,10-11H2,1-2H3/t12-/m0/s1. The van der Waals surface area contributed by atoms with Crippen molar-refractivity contribution in [1.82, 2.24) is 30.1 Å². The molecule has 0 fully saturated rings. The summed E-state index contributed by atoms with van der Waals surface area (Å²) in [5.74, 6) is 0.290. The molecule has 3 heterocycles. The monoisotopic (exact) mass is 430 g/mol. The third-order valence-electron chi connectivity index (χ3n) is 4.35. The molecule has 0 saturated carbocycles. The second-order valence-corrected chi connectivity index (χ2v) is 9.22. The number of amides is 1. The van der Waals surface area contributed by atoms with Gasteiger partial charge < -0.3 is 4.90 Å². The molecule has 1 aromatic carbocycles. The number of fused-ring (bicyclic) bond motifs is 1. The topological polar surface area (TPSA) is 76.8 Å². The molecule has 0 aliphatic carbocycles. The molecule has 1 atom stereocenters. The van der Waals surface area contributed by atoms with Gasteiger partial charge in [-0.3, -0.25) is 4.79 Å². The molecule has 0 spiro atoms. The minimum absolute atomic E-state index is 0.0161. The first-order valence-corrected chi connectivity index (χ1v) is 11.3. The number of para-hydroxylation sites is 1. The highest BCUT2D eigenvalue weighted by molar-refractivity contribution is 7.99. The molecule has 4 rings (SSSR count). The molecule has 10 heteroatoms. The molecule has 0 unspecified atom stereocenters. The highest BCUT2D eigenvalue weighted by Crippen LogP contribution is 2.29. The summed E-state index contributed by atoms with van der Waals surface area (Å²) in [5, 5.41) is 15.4. The lowest BCUT2D eigenvalue weighted by molar-refractivity contribution is -0.128. The van der Waals surface area contributed by atoms with Crippen molar-refractivity contribution in [3.05, 3.63) is 51.7 Å². The zero-order valence-corrected chi connectivity index (χ0v) is 17.8. The number of benzene rings is 1. The number of thiazole rings is 1. The predicted molar refractivity (Wildman–Crippen MR) is 113 cm³/mol. The van der Waals surface area contributed by atoms with Gasteiger partial charge in [0.2, 0.25) is 11.1 Å². The van der Waals surface area contributed by atoms with E-state index in [0.717, 1.165) is 15.2 Å². The van der Waals surface area contributed by atoms with E-state index < -0.39 is 0 Å².